The molecule has 0 spiro atoms. The van der Waals surface area contributed by atoms with Crippen LogP contribution in [0, 0.1) is 5.92 Å². The van der Waals surface area contributed by atoms with Gasteiger partial charge in [0.1, 0.15) is 0 Å². The number of hydrogen-bond donors (Lipinski definition) is 1. The lowest BCUT2D eigenvalue weighted by atomic mass is 9.89. The average molecular weight is 445 g/mol. The van der Waals surface area contributed by atoms with Crippen molar-refractivity contribution in [2.45, 2.75) is 50.6 Å². The summed E-state index contributed by atoms with van der Waals surface area (Å²) in [7, 11) is 0. The summed E-state index contributed by atoms with van der Waals surface area (Å²) in [5, 5.41) is 8.71. The van der Waals surface area contributed by atoms with Crippen molar-refractivity contribution in [2.24, 2.45) is 5.92 Å². The molecule has 0 aromatic carbocycles. The van der Waals surface area contributed by atoms with Crippen molar-refractivity contribution in [1.29, 1.82) is 0 Å². The molecule has 8 nitrogen and oxygen atoms in total. The predicted octanol–water partition coefficient (Wildman–Crippen LogP) is 2.25. The number of hydroxylamine groups is 2. The quantitative estimate of drug-likeness (QED) is 0.763. The number of ether oxygens (including phenoxy) is 1. The van der Waals surface area contributed by atoms with Gasteiger partial charge in [-0.3, -0.25) is 19.5 Å². The molecular formula is C20H26F3N3O5. The van der Waals surface area contributed by atoms with Gasteiger partial charge in [0.05, 0.1) is 18.6 Å². The highest BCUT2D eigenvalue weighted by Crippen LogP contribution is 2.33. The maximum atomic E-state index is 12.8. The number of halogens is 3. The molecule has 1 aromatic rings. The zero-order valence-corrected chi connectivity index (χ0v) is 17.0. The normalized spacial score (nSPS) is 26.5. The fourth-order valence-corrected chi connectivity index (χ4v) is 4.11. The number of hydrogen-bond acceptors (Lipinski definition) is 6. The first-order valence-corrected chi connectivity index (χ1v) is 10.2. The Balaban J connectivity index is 0.000000339. The highest BCUT2D eigenvalue weighted by atomic mass is 19.4. The predicted molar refractivity (Wildman–Crippen MR) is 101 cm³/mol. The molecule has 0 unspecified atom stereocenters. The summed E-state index contributed by atoms with van der Waals surface area (Å²) < 4.78 is 37.7. The largest absolute Gasteiger partial charge is 0.490 e. The molecule has 3 saturated heterocycles. The van der Waals surface area contributed by atoms with Crippen molar-refractivity contribution in [3.8, 4) is 0 Å². The lowest BCUT2D eigenvalue weighted by Crippen LogP contribution is -2.53. The Kier molecular flexibility index (Phi) is 7.84. The van der Waals surface area contributed by atoms with E-state index >= 15 is 0 Å². The van der Waals surface area contributed by atoms with Gasteiger partial charge < -0.3 is 9.84 Å². The third-order valence-electron chi connectivity index (χ3n) is 5.56. The highest BCUT2D eigenvalue weighted by molar-refractivity contribution is 5.78. The van der Waals surface area contributed by atoms with E-state index in [2.05, 4.69) is 16.0 Å². The molecule has 0 aliphatic carbocycles. The molecule has 3 aliphatic rings. The van der Waals surface area contributed by atoms with E-state index in [1.807, 2.05) is 12.3 Å². The lowest BCUT2D eigenvalue weighted by Gasteiger charge is -2.41. The second-order valence-corrected chi connectivity index (χ2v) is 7.77. The number of rotatable bonds is 3. The molecule has 1 N–H and O–H groups in total. The van der Waals surface area contributed by atoms with Crippen LogP contribution in [-0.4, -0.2) is 76.6 Å². The molecule has 11 heteroatoms. The van der Waals surface area contributed by atoms with Crippen LogP contribution >= 0.6 is 0 Å². The van der Waals surface area contributed by atoms with Gasteiger partial charge in [-0.1, -0.05) is 6.07 Å². The Morgan fingerprint density at radius 3 is 2.65 bits per heavy atom. The molecule has 1 amide bonds. The number of carboxylic acid groups (broad SMARTS) is 1. The zero-order chi connectivity index (χ0) is 22.4. The van der Waals surface area contributed by atoms with Gasteiger partial charge in [-0.2, -0.15) is 13.2 Å². The fourth-order valence-electron chi connectivity index (χ4n) is 4.11. The van der Waals surface area contributed by atoms with Crippen LogP contribution in [0.25, 0.3) is 0 Å². The summed E-state index contributed by atoms with van der Waals surface area (Å²) >= 11 is 0. The molecule has 3 aliphatic heterocycles. The van der Waals surface area contributed by atoms with E-state index < -0.39 is 12.1 Å². The van der Waals surface area contributed by atoms with Gasteiger partial charge >= 0.3 is 12.1 Å². The van der Waals surface area contributed by atoms with Crippen molar-refractivity contribution in [3.63, 3.8) is 0 Å². The van der Waals surface area contributed by atoms with Gasteiger partial charge in [-0.25, -0.2) is 9.86 Å². The second-order valence-electron chi connectivity index (χ2n) is 7.77. The molecule has 0 bridgehead atoms. The number of aromatic nitrogens is 1. The number of carboxylic acids is 1. The maximum absolute atomic E-state index is 12.8. The standard InChI is InChI=1S/C18H25N3O3.C2HF3O2/c22-18(21-7-1-2-8-24-21)15-10-17-16(5-9-23-17)20(13-15)12-14-4-3-6-19-11-14;3-2(4,5)1(6)7/h3-4,6,11,15-17H,1-2,5,7-10,12-13H2;(H,6,7)/t15-,16+,17+;/m0./s1. The van der Waals surface area contributed by atoms with Crippen LogP contribution in [-0.2, 0) is 25.7 Å². The number of alkyl halides is 3. The van der Waals surface area contributed by atoms with Crippen molar-refractivity contribution < 1.29 is 37.4 Å². The van der Waals surface area contributed by atoms with Crippen molar-refractivity contribution in [2.75, 3.05) is 26.3 Å². The topological polar surface area (TPSA) is 92.2 Å². The Labute approximate surface area is 177 Å². The summed E-state index contributed by atoms with van der Waals surface area (Å²) in [6, 6.07) is 4.47. The molecule has 4 heterocycles. The van der Waals surface area contributed by atoms with E-state index in [1.165, 1.54) is 5.56 Å². The number of carbonyl (C=O) groups excluding carboxylic acids is 1. The van der Waals surface area contributed by atoms with Crippen LogP contribution < -0.4 is 0 Å². The smallest absolute Gasteiger partial charge is 0.475 e. The van der Waals surface area contributed by atoms with E-state index in [0.29, 0.717) is 19.2 Å². The molecule has 3 atom stereocenters. The summed E-state index contributed by atoms with van der Waals surface area (Å²) in [5.41, 5.74) is 1.19. The highest BCUT2D eigenvalue weighted by Gasteiger charge is 2.43. The third kappa shape index (κ3) is 6.37. The van der Waals surface area contributed by atoms with Gasteiger partial charge in [0.15, 0.2) is 0 Å². The van der Waals surface area contributed by atoms with Crippen molar-refractivity contribution in [3.05, 3.63) is 30.1 Å². The number of fused-ring (bicyclic) bond motifs is 1. The monoisotopic (exact) mass is 445 g/mol. The molecule has 0 saturated carbocycles. The van der Waals surface area contributed by atoms with E-state index in [0.717, 1.165) is 45.4 Å². The number of pyridine rings is 1. The summed E-state index contributed by atoms with van der Waals surface area (Å²) in [6.45, 7) is 3.76. The minimum atomic E-state index is -5.08. The molecular weight excluding hydrogens is 419 g/mol. The number of amides is 1. The zero-order valence-electron chi connectivity index (χ0n) is 17.0. The second kappa shape index (κ2) is 10.4. The Morgan fingerprint density at radius 1 is 1.26 bits per heavy atom. The Hall–Kier alpha value is -2.24. The summed E-state index contributed by atoms with van der Waals surface area (Å²) in [5.74, 6) is -2.67. The van der Waals surface area contributed by atoms with Crippen LogP contribution in [0.4, 0.5) is 13.2 Å². The Bertz CT molecular complexity index is 743. The van der Waals surface area contributed by atoms with Gasteiger partial charge in [0, 0.05) is 44.7 Å². The molecule has 1 aromatic heterocycles. The van der Waals surface area contributed by atoms with E-state index in [1.54, 1.807) is 11.3 Å². The van der Waals surface area contributed by atoms with Crippen LogP contribution in [0.3, 0.4) is 0 Å². The minimum absolute atomic E-state index is 0.0425. The van der Waals surface area contributed by atoms with Gasteiger partial charge in [0.25, 0.3) is 5.91 Å². The molecule has 0 radical (unpaired) electrons. The van der Waals surface area contributed by atoms with Crippen LogP contribution in [0.1, 0.15) is 31.2 Å². The number of nitrogens with zero attached hydrogens (tertiary/aromatic N) is 3. The first-order chi connectivity index (χ1) is 14.8. The van der Waals surface area contributed by atoms with Crippen LogP contribution in [0.15, 0.2) is 24.5 Å². The Morgan fingerprint density at radius 2 is 2.03 bits per heavy atom. The molecule has 3 fully saturated rings. The number of likely N-dealkylation sites (tertiary alicyclic amines) is 1. The number of carbonyl (C=O) groups is 2. The SMILES string of the molecule is O=C(O)C(F)(F)F.O=C([C@H]1C[C@H]2OCC[C@H]2N(Cc2cccnc2)C1)N1CCCCO1. The lowest BCUT2D eigenvalue weighted by molar-refractivity contribution is -0.204. The summed E-state index contributed by atoms with van der Waals surface area (Å²) in [4.78, 5) is 33.9. The average Bonchev–Trinajstić information content (AvgIpc) is 3.23. The van der Waals surface area contributed by atoms with Crippen molar-refractivity contribution in [1.82, 2.24) is 14.9 Å². The first kappa shape index (κ1) is 23.4. The van der Waals surface area contributed by atoms with Crippen LogP contribution in [0.5, 0.6) is 0 Å². The van der Waals surface area contributed by atoms with E-state index in [-0.39, 0.29) is 17.9 Å². The maximum Gasteiger partial charge on any atom is 0.490 e. The minimum Gasteiger partial charge on any atom is -0.475 e. The van der Waals surface area contributed by atoms with E-state index in [4.69, 9.17) is 19.5 Å². The third-order valence-corrected chi connectivity index (χ3v) is 5.56. The van der Waals surface area contributed by atoms with Crippen LogP contribution in [0.2, 0.25) is 0 Å². The summed E-state index contributed by atoms with van der Waals surface area (Å²) in [6.07, 6.45) is 2.70. The first-order valence-electron chi connectivity index (χ1n) is 10.2. The van der Waals surface area contributed by atoms with Gasteiger partial charge in [-0.15, -0.1) is 0 Å². The number of aliphatic carboxylic acids is 1. The molecule has 4 rings (SSSR count). The molecule has 31 heavy (non-hydrogen) atoms. The number of piperidine rings is 1. The fraction of sp³-hybridized carbons (Fsp3) is 0.650. The molecule has 172 valence electrons. The van der Waals surface area contributed by atoms with Gasteiger partial charge in [0.2, 0.25) is 0 Å². The van der Waals surface area contributed by atoms with Crippen molar-refractivity contribution >= 4 is 11.9 Å². The van der Waals surface area contributed by atoms with Gasteiger partial charge in [-0.05, 0) is 37.3 Å². The van der Waals surface area contributed by atoms with E-state index in [9.17, 15) is 18.0 Å².